The van der Waals surface area contributed by atoms with Gasteiger partial charge in [-0.15, -0.1) is 0 Å². The smallest absolute Gasteiger partial charge is 0.332 e. The summed E-state index contributed by atoms with van der Waals surface area (Å²) in [4.78, 5) is 48.9. The van der Waals surface area contributed by atoms with Gasteiger partial charge in [0.2, 0.25) is 0 Å². The Labute approximate surface area is 212 Å². The fourth-order valence-corrected chi connectivity index (χ4v) is 5.32. The standard InChI is InChI=1S/C25H31N7O5/c1-14(2)31-12-26-17-8-15(6-7-18(17)31)22(34)30-10-16(33)9-19(25(3,37)11-30)32-13-27-21-20(32)23(35)29(5)24(36)28(21)4/h6-8,12-14,16,19,33,37H,9-11H2,1-5H3/t16-,19-,25-/m1/s1. The summed E-state index contributed by atoms with van der Waals surface area (Å²) in [6.07, 6.45) is 2.24. The molecule has 0 aliphatic carbocycles. The highest BCUT2D eigenvalue weighted by atomic mass is 16.3. The lowest BCUT2D eigenvalue weighted by Crippen LogP contribution is -2.47. The summed E-state index contributed by atoms with van der Waals surface area (Å²) in [7, 11) is 2.89. The van der Waals surface area contributed by atoms with Crippen LogP contribution in [0.1, 0.15) is 49.6 Å². The maximum atomic E-state index is 13.5. The zero-order valence-electron chi connectivity index (χ0n) is 21.5. The third-order valence-electron chi connectivity index (χ3n) is 7.33. The molecule has 12 heteroatoms. The van der Waals surface area contributed by atoms with Gasteiger partial charge < -0.3 is 24.2 Å². The monoisotopic (exact) mass is 509 g/mol. The number of hydrogen-bond donors (Lipinski definition) is 2. The molecule has 0 saturated carbocycles. The van der Waals surface area contributed by atoms with Crippen molar-refractivity contribution in [3.8, 4) is 0 Å². The van der Waals surface area contributed by atoms with Gasteiger partial charge in [-0.2, -0.15) is 0 Å². The van der Waals surface area contributed by atoms with Gasteiger partial charge in [-0.1, -0.05) is 0 Å². The van der Waals surface area contributed by atoms with Crippen LogP contribution in [-0.2, 0) is 14.1 Å². The number of aliphatic hydroxyl groups excluding tert-OH is 1. The Balaban J connectivity index is 1.51. The molecule has 196 valence electrons. The number of amides is 1. The molecule has 5 rings (SSSR count). The Morgan fingerprint density at radius 1 is 1.14 bits per heavy atom. The Morgan fingerprint density at radius 2 is 1.86 bits per heavy atom. The number of aliphatic hydroxyl groups is 2. The second-order valence-electron chi connectivity index (χ2n) is 10.4. The van der Waals surface area contributed by atoms with E-state index in [9.17, 15) is 24.6 Å². The number of carbonyl (C=O) groups is 1. The van der Waals surface area contributed by atoms with E-state index in [-0.39, 0.29) is 42.6 Å². The zero-order valence-corrected chi connectivity index (χ0v) is 21.5. The van der Waals surface area contributed by atoms with Crippen LogP contribution in [0.4, 0.5) is 0 Å². The van der Waals surface area contributed by atoms with Crippen LogP contribution < -0.4 is 11.2 Å². The summed E-state index contributed by atoms with van der Waals surface area (Å²) in [6, 6.07) is 4.73. The maximum Gasteiger partial charge on any atom is 0.332 e. The van der Waals surface area contributed by atoms with Crippen LogP contribution in [0, 0.1) is 0 Å². The van der Waals surface area contributed by atoms with Crippen molar-refractivity contribution in [3.05, 3.63) is 57.3 Å². The highest BCUT2D eigenvalue weighted by molar-refractivity contribution is 5.97. The Morgan fingerprint density at radius 3 is 2.57 bits per heavy atom. The Hall–Kier alpha value is -3.77. The number of fused-ring (bicyclic) bond motifs is 2. The number of imidazole rings is 2. The Kier molecular flexibility index (Phi) is 5.83. The summed E-state index contributed by atoms with van der Waals surface area (Å²) in [5.74, 6) is -0.338. The molecule has 1 aromatic carbocycles. The van der Waals surface area contributed by atoms with E-state index in [2.05, 4.69) is 23.8 Å². The first-order chi connectivity index (χ1) is 17.4. The van der Waals surface area contributed by atoms with Crippen molar-refractivity contribution in [1.82, 2.24) is 33.1 Å². The molecule has 12 nitrogen and oxygen atoms in total. The van der Waals surface area contributed by atoms with Crippen LogP contribution in [0.25, 0.3) is 22.2 Å². The van der Waals surface area contributed by atoms with Gasteiger partial charge in [-0.3, -0.25) is 18.7 Å². The molecule has 0 radical (unpaired) electrons. The summed E-state index contributed by atoms with van der Waals surface area (Å²) >= 11 is 0. The summed E-state index contributed by atoms with van der Waals surface area (Å²) < 4.78 is 5.78. The Bertz CT molecular complexity index is 1640. The fourth-order valence-electron chi connectivity index (χ4n) is 5.32. The number of likely N-dealkylation sites (tertiary alicyclic amines) is 1. The first-order valence-corrected chi connectivity index (χ1v) is 12.2. The average Bonchev–Trinajstić information content (AvgIpc) is 3.45. The van der Waals surface area contributed by atoms with E-state index >= 15 is 0 Å². The van der Waals surface area contributed by atoms with Crippen LogP contribution in [0.3, 0.4) is 0 Å². The quantitative estimate of drug-likeness (QED) is 0.411. The molecule has 3 atom stereocenters. The summed E-state index contributed by atoms with van der Waals surface area (Å²) in [5, 5.41) is 22.5. The van der Waals surface area contributed by atoms with Gasteiger partial charge in [0.15, 0.2) is 11.2 Å². The maximum absolute atomic E-state index is 13.5. The second kappa shape index (κ2) is 8.67. The fraction of sp³-hybridized carbons (Fsp3) is 0.480. The van der Waals surface area contributed by atoms with Gasteiger partial charge in [0.1, 0.15) is 5.60 Å². The van der Waals surface area contributed by atoms with Crippen molar-refractivity contribution in [3.63, 3.8) is 0 Å². The van der Waals surface area contributed by atoms with Gasteiger partial charge in [0.25, 0.3) is 11.5 Å². The van der Waals surface area contributed by atoms with Crippen LogP contribution in [0.5, 0.6) is 0 Å². The van der Waals surface area contributed by atoms with Gasteiger partial charge in [-0.05, 0) is 45.4 Å². The van der Waals surface area contributed by atoms with Crippen molar-refractivity contribution < 1.29 is 15.0 Å². The molecule has 1 amide bonds. The first-order valence-electron chi connectivity index (χ1n) is 12.2. The molecule has 0 bridgehead atoms. The second-order valence-corrected chi connectivity index (χ2v) is 10.4. The lowest BCUT2D eigenvalue weighted by molar-refractivity contribution is -0.0121. The van der Waals surface area contributed by atoms with Crippen LogP contribution in [-0.4, -0.2) is 74.1 Å². The van der Waals surface area contributed by atoms with E-state index in [4.69, 9.17) is 0 Å². The number of aromatic nitrogens is 6. The van der Waals surface area contributed by atoms with Crippen LogP contribution in [0.2, 0.25) is 0 Å². The molecule has 1 saturated heterocycles. The third kappa shape index (κ3) is 3.96. The minimum absolute atomic E-state index is 0.00702. The molecule has 4 aromatic rings. The van der Waals surface area contributed by atoms with Crippen LogP contribution >= 0.6 is 0 Å². The van der Waals surface area contributed by atoms with Crippen molar-refractivity contribution in [2.75, 3.05) is 13.1 Å². The first kappa shape index (κ1) is 24.9. The van der Waals surface area contributed by atoms with Crippen molar-refractivity contribution >= 4 is 28.1 Å². The number of nitrogens with zero attached hydrogens (tertiary/aromatic N) is 7. The number of benzene rings is 1. The minimum atomic E-state index is -1.52. The van der Waals surface area contributed by atoms with E-state index in [1.54, 1.807) is 25.4 Å². The molecule has 37 heavy (non-hydrogen) atoms. The number of aryl methyl sites for hydroxylation is 1. The number of hydrogen-bond acceptors (Lipinski definition) is 7. The zero-order chi connectivity index (χ0) is 26.8. The molecule has 3 aromatic heterocycles. The lowest BCUT2D eigenvalue weighted by atomic mass is 9.92. The topological polar surface area (TPSA) is 140 Å². The largest absolute Gasteiger partial charge is 0.391 e. The van der Waals surface area contributed by atoms with Gasteiger partial charge in [0, 0.05) is 32.2 Å². The van der Waals surface area contributed by atoms with Crippen molar-refractivity contribution in [2.45, 2.75) is 51.0 Å². The molecular weight excluding hydrogens is 478 g/mol. The van der Waals surface area contributed by atoms with Crippen molar-refractivity contribution in [1.29, 1.82) is 0 Å². The minimum Gasteiger partial charge on any atom is -0.391 e. The van der Waals surface area contributed by atoms with Crippen LogP contribution in [0.15, 0.2) is 40.4 Å². The lowest BCUT2D eigenvalue weighted by Gasteiger charge is -2.34. The number of β-amino-alcohol motifs (C(OH)–C–C–N with tert-alkyl or cyclic N) is 2. The van der Waals surface area contributed by atoms with Gasteiger partial charge >= 0.3 is 5.69 Å². The molecule has 0 spiro atoms. The third-order valence-corrected chi connectivity index (χ3v) is 7.33. The highest BCUT2D eigenvalue weighted by Crippen LogP contribution is 2.34. The van der Waals surface area contributed by atoms with E-state index in [0.29, 0.717) is 11.1 Å². The van der Waals surface area contributed by atoms with E-state index in [0.717, 1.165) is 10.1 Å². The van der Waals surface area contributed by atoms with E-state index in [1.807, 2.05) is 10.6 Å². The molecule has 0 unspecified atom stereocenters. The normalized spacial score (nSPS) is 22.8. The predicted molar refractivity (Wildman–Crippen MR) is 137 cm³/mol. The molecule has 1 aliphatic rings. The SMILES string of the molecule is CC(C)n1cnc2cc(C(=O)N3C[C@H](O)C[C@@H](n4cnc5c4c(=O)n(C)c(=O)n5C)[C@](C)(O)C3)ccc21. The van der Waals surface area contributed by atoms with Gasteiger partial charge in [-0.25, -0.2) is 14.8 Å². The van der Waals surface area contributed by atoms with Crippen molar-refractivity contribution in [2.24, 2.45) is 14.1 Å². The summed E-state index contributed by atoms with van der Waals surface area (Å²) in [5.41, 5.74) is -0.250. The highest BCUT2D eigenvalue weighted by Gasteiger charge is 2.42. The summed E-state index contributed by atoms with van der Waals surface area (Å²) in [6.45, 7) is 5.60. The molecule has 4 heterocycles. The van der Waals surface area contributed by atoms with E-state index in [1.165, 1.54) is 34.5 Å². The van der Waals surface area contributed by atoms with Gasteiger partial charge in [0.05, 0.1) is 42.4 Å². The molecule has 1 aliphatic heterocycles. The molecular formula is C25H31N7O5. The van der Waals surface area contributed by atoms with E-state index < -0.39 is 29.0 Å². The molecule has 2 N–H and O–H groups in total. The number of rotatable bonds is 3. The number of carbonyl (C=O) groups excluding carboxylic acids is 1. The molecule has 1 fully saturated rings. The predicted octanol–water partition coefficient (Wildman–Crippen LogP) is 0.563. The average molecular weight is 510 g/mol.